The predicted octanol–water partition coefficient (Wildman–Crippen LogP) is 2.20. The predicted molar refractivity (Wildman–Crippen MR) is 87.6 cm³/mol. The summed E-state index contributed by atoms with van der Waals surface area (Å²) in [6.07, 6.45) is 0. The lowest BCUT2D eigenvalue weighted by Gasteiger charge is -2.29. The number of pyridine rings is 1. The maximum atomic E-state index is 12.9. The molecule has 1 aliphatic rings. The second-order valence-corrected chi connectivity index (χ2v) is 6.44. The van der Waals surface area contributed by atoms with Gasteiger partial charge in [-0.1, -0.05) is 24.3 Å². The Bertz CT molecular complexity index is 808. The molecule has 1 aromatic heterocycles. The molecule has 0 radical (unpaired) electrons. The van der Waals surface area contributed by atoms with E-state index in [2.05, 4.69) is 0 Å². The normalized spacial score (nSPS) is 16.2. The lowest BCUT2D eigenvalue weighted by Crippen LogP contribution is -2.44. The second-order valence-electron chi connectivity index (χ2n) is 6.44. The summed E-state index contributed by atoms with van der Waals surface area (Å²) < 4.78 is 7.43. The molecule has 1 aromatic carbocycles. The van der Waals surface area contributed by atoms with E-state index in [1.54, 1.807) is 24.1 Å². The quantitative estimate of drug-likeness (QED) is 0.811. The maximum Gasteiger partial charge on any atom is 0.271 e. The van der Waals surface area contributed by atoms with Crippen LogP contribution in [0.3, 0.4) is 0 Å². The fourth-order valence-corrected chi connectivity index (χ4v) is 2.87. The molecule has 1 amide bonds. The van der Waals surface area contributed by atoms with Gasteiger partial charge >= 0.3 is 0 Å². The zero-order valence-electron chi connectivity index (χ0n) is 13.6. The summed E-state index contributed by atoms with van der Waals surface area (Å²) >= 11 is 0. The lowest BCUT2D eigenvalue weighted by molar-refractivity contribution is 0.0492. The summed E-state index contributed by atoms with van der Waals surface area (Å²) in [6.45, 7) is 4.82. The molecule has 0 saturated heterocycles. The summed E-state index contributed by atoms with van der Waals surface area (Å²) in [4.78, 5) is 26.5. The van der Waals surface area contributed by atoms with Gasteiger partial charge in [0.2, 0.25) is 0 Å². The summed E-state index contributed by atoms with van der Waals surface area (Å²) in [5.74, 6) is 0.633. The molecular weight excluding hydrogens is 292 g/mol. The molecule has 23 heavy (non-hydrogen) atoms. The van der Waals surface area contributed by atoms with Gasteiger partial charge in [0.1, 0.15) is 17.0 Å². The van der Waals surface area contributed by atoms with E-state index < -0.39 is 5.60 Å². The fraction of sp³-hybridized carbons (Fsp3) is 0.333. The van der Waals surface area contributed by atoms with Gasteiger partial charge in [-0.05, 0) is 26.0 Å². The van der Waals surface area contributed by atoms with Crippen LogP contribution in [-0.2, 0) is 13.6 Å². The van der Waals surface area contributed by atoms with Crippen LogP contribution in [0, 0.1) is 0 Å². The Labute approximate surface area is 135 Å². The summed E-state index contributed by atoms with van der Waals surface area (Å²) in [5.41, 5.74) is 0.650. The van der Waals surface area contributed by atoms with Crippen molar-refractivity contribution in [2.45, 2.75) is 26.0 Å². The number of hydrogen-bond acceptors (Lipinski definition) is 3. The molecule has 0 aliphatic carbocycles. The lowest BCUT2D eigenvalue weighted by atomic mass is 10.1. The van der Waals surface area contributed by atoms with Gasteiger partial charge in [0.25, 0.3) is 11.5 Å². The number of hydrogen-bond donors (Lipinski definition) is 0. The first-order chi connectivity index (χ1) is 10.9. The van der Waals surface area contributed by atoms with Crippen molar-refractivity contribution in [1.29, 1.82) is 0 Å². The first-order valence-electron chi connectivity index (χ1n) is 7.60. The molecule has 0 saturated carbocycles. The van der Waals surface area contributed by atoms with Crippen LogP contribution >= 0.6 is 0 Å². The van der Waals surface area contributed by atoms with Gasteiger partial charge in [0.05, 0.1) is 6.54 Å². The number of amides is 1. The third-order valence-corrected chi connectivity index (χ3v) is 3.98. The number of carbonyl (C=O) groups is 1. The monoisotopic (exact) mass is 312 g/mol. The SMILES string of the molecule is Cn1c(C(=O)N2Cc3ccccc3OC(C)(C)C2)cccc1=O. The van der Waals surface area contributed by atoms with Gasteiger partial charge in [-0.2, -0.15) is 0 Å². The molecule has 3 rings (SSSR count). The molecular formula is C18H20N2O3. The summed E-state index contributed by atoms with van der Waals surface area (Å²) in [7, 11) is 1.61. The molecule has 0 N–H and O–H groups in total. The second kappa shape index (κ2) is 5.57. The van der Waals surface area contributed by atoms with Gasteiger partial charge in [-0.3, -0.25) is 9.59 Å². The molecule has 1 aliphatic heterocycles. The molecule has 2 aromatic rings. The zero-order valence-corrected chi connectivity index (χ0v) is 13.6. The van der Waals surface area contributed by atoms with Crippen molar-refractivity contribution in [2.75, 3.05) is 6.54 Å². The van der Waals surface area contributed by atoms with Gasteiger partial charge in [0.15, 0.2) is 0 Å². The van der Waals surface area contributed by atoms with Crippen molar-refractivity contribution in [1.82, 2.24) is 9.47 Å². The molecule has 0 bridgehead atoms. The Morgan fingerprint density at radius 1 is 1.13 bits per heavy atom. The van der Waals surface area contributed by atoms with Crippen molar-refractivity contribution in [2.24, 2.45) is 7.05 Å². The number of nitrogens with zero attached hydrogens (tertiary/aromatic N) is 2. The average Bonchev–Trinajstić information content (AvgIpc) is 2.63. The number of carbonyl (C=O) groups excluding carboxylic acids is 1. The number of aromatic nitrogens is 1. The van der Waals surface area contributed by atoms with Crippen molar-refractivity contribution >= 4 is 5.91 Å². The van der Waals surface area contributed by atoms with Gasteiger partial charge in [-0.25, -0.2) is 0 Å². The third-order valence-electron chi connectivity index (χ3n) is 3.98. The van der Waals surface area contributed by atoms with Crippen molar-refractivity contribution < 1.29 is 9.53 Å². The van der Waals surface area contributed by atoms with E-state index in [0.717, 1.165) is 11.3 Å². The molecule has 5 heteroatoms. The fourth-order valence-electron chi connectivity index (χ4n) is 2.87. The van der Waals surface area contributed by atoms with E-state index in [1.165, 1.54) is 10.6 Å². The highest BCUT2D eigenvalue weighted by Gasteiger charge is 2.32. The maximum absolute atomic E-state index is 12.9. The number of rotatable bonds is 1. The molecule has 2 heterocycles. The van der Waals surface area contributed by atoms with Gasteiger partial charge in [-0.15, -0.1) is 0 Å². The van der Waals surface area contributed by atoms with Crippen LogP contribution in [0.25, 0.3) is 0 Å². The Kier molecular flexibility index (Phi) is 3.72. The minimum Gasteiger partial charge on any atom is -0.486 e. The van der Waals surface area contributed by atoms with Crippen LogP contribution < -0.4 is 10.3 Å². The summed E-state index contributed by atoms with van der Waals surface area (Å²) in [6, 6.07) is 12.5. The molecule has 0 fully saturated rings. The van der Waals surface area contributed by atoms with Gasteiger partial charge in [0, 0.05) is 25.2 Å². The van der Waals surface area contributed by atoms with Crippen molar-refractivity contribution in [3.8, 4) is 5.75 Å². The standard InChI is InChI=1S/C18H20N2O3/c1-18(2)12-20(11-13-7-4-5-9-15(13)23-18)17(22)14-8-6-10-16(21)19(14)3/h4-10H,11-12H2,1-3H3. The highest BCUT2D eigenvalue weighted by molar-refractivity contribution is 5.92. The van der Waals surface area contributed by atoms with Crippen LogP contribution in [0.2, 0.25) is 0 Å². The minimum atomic E-state index is -0.504. The van der Waals surface area contributed by atoms with Crippen LogP contribution in [0.4, 0.5) is 0 Å². The topological polar surface area (TPSA) is 51.5 Å². The third kappa shape index (κ3) is 2.99. The Morgan fingerprint density at radius 2 is 1.87 bits per heavy atom. The van der Waals surface area contributed by atoms with Crippen LogP contribution in [0.15, 0.2) is 47.3 Å². The van der Waals surface area contributed by atoms with Crippen LogP contribution in [0.1, 0.15) is 29.9 Å². The minimum absolute atomic E-state index is 0.168. The average molecular weight is 312 g/mol. The molecule has 5 nitrogen and oxygen atoms in total. The highest BCUT2D eigenvalue weighted by Crippen LogP contribution is 2.29. The zero-order chi connectivity index (χ0) is 16.6. The number of ether oxygens (including phenoxy) is 1. The molecule has 120 valence electrons. The largest absolute Gasteiger partial charge is 0.486 e. The van der Waals surface area contributed by atoms with E-state index in [-0.39, 0.29) is 11.5 Å². The smallest absolute Gasteiger partial charge is 0.271 e. The van der Waals surface area contributed by atoms with Crippen molar-refractivity contribution in [3.63, 3.8) is 0 Å². The van der Waals surface area contributed by atoms with Crippen molar-refractivity contribution in [3.05, 3.63) is 64.1 Å². The number of benzene rings is 1. The highest BCUT2D eigenvalue weighted by atomic mass is 16.5. The molecule has 0 unspecified atom stereocenters. The number of para-hydroxylation sites is 1. The molecule has 0 spiro atoms. The number of fused-ring (bicyclic) bond motifs is 1. The first kappa shape index (κ1) is 15.3. The van der Waals surface area contributed by atoms with E-state index >= 15 is 0 Å². The van der Waals surface area contributed by atoms with Crippen LogP contribution in [0.5, 0.6) is 5.75 Å². The summed E-state index contributed by atoms with van der Waals surface area (Å²) in [5, 5.41) is 0. The Morgan fingerprint density at radius 3 is 2.65 bits per heavy atom. The van der Waals surface area contributed by atoms with E-state index in [0.29, 0.717) is 18.8 Å². The molecule has 0 atom stereocenters. The van der Waals surface area contributed by atoms with E-state index in [9.17, 15) is 9.59 Å². The van der Waals surface area contributed by atoms with E-state index in [4.69, 9.17) is 4.74 Å². The van der Waals surface area contributed by atoms with Gasteiger partial charge < -0.3 is 14.2 Å². The van der Waals surface area contributed by atoms with Crippen LogP contribution in [-0.4, -0.2) is 27.5 Å². The first-order valence-corrected chi connectivity index (χ1v) is 7.60. The Hall–Kier alpha value is -2.56. The Balaban J connectivity index is 2.00. The van der Waals surface area contributed by atoms with E-state index in [1.807, 2.05) is 38.1 Å².